The SMILES string of the molecule is COC(=O)[C@@H]1C2c3ccccc3C(c3ccccc32)[C@@H]1C(=O)O. The fraction of sp³-hybridized carbons (Fsp3) is 0.263. The van der Waals surface area contributed by atoms with Crippen LogP contribution in [0.1, 0.15) is 34.1 Å². The molecule has 2 atom stereocenters. The summed E-state index contributed by atoms with van der Waals surface area (Å²) in [7, 11) is 1.32. The predicted octanol–water partition coefficient (Wildman–Crippen LogP) is 2.77. The van der Waals surface area contributed by atoms with Crippen molar-refractivity contribution >= 4 is 11.9 Å². The summed E-state index contributed by atoms with van der Waals surface area (Å²) in [5, 5.41) is 9.82. The average molecular weight is 308 g/mol. The number of carbonyl (C=O) groups is 2. The molecule has 1 N–H and O–H groups in total. The minimum Gasteiger partial charge on any atom is -0.481 e. The van der Waals surface area contributed by atoms with Crippen LogP contribution in [0, 0.1) is 11.8 Å². The van der Waals surface area contributed by atoms with Crippen LogP contribution in [0.3, 0.4) is 0 Å². The topological polar surface area (TPSA) is 63.6 Å². The zero-order valence-corrected chi connectivity index (χ0v) is 12.6. The molecule has 0 unspecified atom stereocenters. The predicted molar refractivity (Wildman–Crippen MR) is 83.2 cm³/mol. The van der Waals surface area contributed by atoms with E-state index in [1.54, 1.807) is 0 Å². The van der Waals surface area contributed by atoms with E-state index in [2.05, 4.69) is 0 Å². The van der Waals surface area contributed by atoms with Crippen LogP contribution in [-0.2, 0) is 14.3 Å². The van der Waals surface area contributed by atoms with Gasteiger partial charge in [0, 0.05) is 11.8 Å². The van der Waals surface area contributed by atoms with E-state index in [-0.39, 0.29) is 11.8 Å². The highest BCUT2D eigenvalue weighted by atomic mass is 16.5. The minimum absolute atomic E-state index is 0.263. The Hall–Kier alpha value is -2.62. The Labute approximate surface area is 133 Å². The molecule has 2 aromatic rings. The summed E-state index contributed by atoms with van der Waals surface area (Å²) in [6.45, 7) is 0. The third-order valence-electron chi connectivity index (χ3n) is 5.20. The number of hydrogen-bond donors (Lipinski definition) is 1. The smallest absolute Gasteiger partial charge is 0.310 e. The Balaban J connectivity index is 2.03. The minimum atomic E-state index is -0.945. The second-order valence-corrected chi connectivity index (χ2v) is 6.13. The molecule has 0 aromatic heterocycles. The molecule has 0 amide bonds. The van der Waals surface area contributed by atoms with Gasteiger partial charge in [0.05, 0.1) is 18.9 Å². The van der Waals surface area contributed by atoms with Crippen molar-refractivity contribution in [1.82, 2.24) is 0 Å². The second kappa shape index (κ2) is 4.95. The molecule has 116 valence electrons. The number of esters is 1. The van der Waals surface area contributed by atoms with Crippen molar-refractivity contribution in [3.63, 3.8) is 0 Å². The van der Waals surface area contributed by atoms with Gasteiger partial charge in [-0.15, -0.1) is 0 Å². The lowest BCUT2D eigenvalue weighted by molar-refractivity contribution is -0.158. The van der Waals surface area contributed by atoms with Crippen LogP contribution >= 0.6 is 0 Å². The summed E-state index contributed by atoms with van der Waals surface area (Å²) < 4.78 is 4.95. The molecule has 23 heavy (non-hydrogen) atoms. The molecule has 0 heterocycles. The average Bonchev–Trinajstić information content (AvgIpc) is 2.60. The van der Waals surface area contributed by atoms with Gasteiger partial charge < -0.3 is 9.84 Å². The number of benzene rings is 2. The van der Waals surface area contributed by atoms with E-state index >= 15 is 0 Å². The molecule has 3 aliphatic rings. The Morgan fingerprint density at radius 2 is 1.22 bits per heavy atom. The first kappa shape index (κ1) is 14.0. The van der Waals surface area contributed by atoms with Crippen molar-refractivity contribution in [3.8, 4) is 0 Å². The molecule has 5 rings (SSSR count). The molecule has 0 saturated heterocycles. The van der Waals surface area contributed by atoms with Crippen molar-refractivity contribution < 1.29 is 19.4 Å². The molecule has 0 radical (unpaired) electrons. The monoisotopic (exact) mass is 308 g/mol. The summed E-state index contributed by atoms with van der Waals surface area (Å²) in [6, 6.07) is 15.7. The molecule has 2 aromatic carbocycles. The lowest BCUT2D eigenvalue weighted by Gasteiger charge is -2.47. The summed E-state index contributed by atoms with van der Waals surface area (Å²) in [5.41, 5.74) is 4.13. The van der Waals surface area contributed by atoms with E-state index in [1.807, 2.05) is 48.5 Å². The normalized spacial score (nSPS) is 27.0. The molecule has 0 aliphatic heterocycles. The van der Waals surface area contributed by atoms with Gasteiger partial charge in [-0.1, -0.05) is 48.5 Å². The molecule has 0 saturated carbocycles. The van der Waals surface area contributed by atoms with Gasteiger partial charge in [-0.2, -0.15) is 0 Å². The van der Waals surface area contributed by atoms with Crippen LogP contribution in [0.25, 0.3) is 0 Å². The van der Waals surface area contributed by atoms with Gasteiger partial charge in [0.15, 0.2) is 0 Å². The summed E-state index contributed by atoms with van der Waals surface area (Å²) >= 11 is 0. The first-order valence-corrected chi connectivity index (χ1v) is 7.63. The summed E-state index contributed by atoms with van der Waals surface area (Å²) in [4.78, 5) is 24.4. The number of methoxy groups -OCH3 is 1. The Morgan fingerprint density at radius 3 is 1.57 bits per heavy atom. The molecular formula is C19H16O4. The number of aliphatic carboxylic acids is 1. The molecule has 4 heteroatoms. The lowest BCUT2D eigenvalue weighted by atomic mass is 9.54. The van der Waals surface area contributed by atoms with E-state index in [0.29, 0.717) is 0 Å². The van der Waals surface area contributed by atoms with E-state index in [0.717, 1.165) is 22.3 Å². The number of carbonyl (C=O) groups excluding carboxylic acids is 1. The highest BCUT2D eigenvalue weighted by molar-refractivity contribution is 5.87. The van der Waals surface area contributed by atoms with E-state index < -0.39 is 23.8 Å². The number of carboxylic acid groups (broad SMARTS) is 1. The van der Waals surface area contributed by atoms with Crippen molar-refractivity contribution in [2.24, 2.45) is 11.8 Å². The molecule has 2 bridgehead atoms. The third kappa shape index (κ3) is 1.78. The standard InChI is InChI=1S/C19H16O4/c1-23-19(22)17-15-12-8-4-2-6-10(12)14(16(17)18(20)21)11-7-3-5-9-13(11)15/h2-9,14-17H,1H3,(H,20,21)/t14?,15?,16-,17+/m0/s1. The highest BCUT2D eigenvalue weighted by Gasteiger charge is 2.55. The van der Waals surface area contributed by atoms with Crippen LogP contribution in [-0.4, -0.2) is 24.2 Å². The van der Waals surface area contributed by atoms with Gasteiger partial charge in [-0.3, -0.25) is 9.59 Å². The zero-order chi connectivity index (χ0) is 16.1. The van der Waals surface area contributed by atoms with Crippen LogP contribution in [0.2, 0.25) is 0 Å². The maximum absolute atomic E-state index is 12.4. The lowest BCUT2D eigenvalue weighted by Crippen LogP contribution is -2.47. The van der Waals surface area contributed by atoms with E-state index in [1.165, 1.54) is 7.11 Å². The van der Waals surface area contributed by atoms with Gasteiger partial charge in [-0.05, 0) is 22.3 Å². The van der Waals surface area contributed by atoms with Gasteiger partial charge >= 0.3 is 11.9 Å². The van der Waals surface area contributed by atoms with Crippen molar-refractivity contribution in [1.29, 1.82) is 0 Å². The van der Waals surface area contributed by atoms with E-state index in [9.17, 15) is 14.7 Å². The molecule has 0 fully saturated rings. The second-order valence-electron chi connectivity index (χ2n) is 6.13. The van der Waals surface area contributed by atoms with Gasteiger partial charge in [0.2, 0.25) is 0 Å². The molecule has 4 nitrogen and oxygen atoms in total. The van der Waals surface area contributed by atoms with Crippen LogP contribution < -0.4 is 0 Å². The maximum atomic E-state index is 12.4. The molecule has 3 aliphatic carbocycles. The Morgan fingerprint density at radius 1 is 0.826 bits per heavy atom. The van der Waals surface area contributed by atoms with Crippen LogP contribution in [0.5, 0.6) is 0 Å². The fourth-order valence-electron chi connectivity index (χ4n) is 4.39. The number of rotatable bonds is 2. The first-order chi connectivity index (χ1) is 11.1. The number of hydrogen-bond acceptors (Lipinski definition) is 3. The number of ether oxygens (including phenoxy) is 1. The third-order valence-corrected chi connectivity index (χ3v) is 5.20. The fourth-order valence-corrected chi connectivity index (χ4v) is 4.39. The van der Waals surface area contributed by atoms with Crippen molar-refractivity contribution in [2.75, 3.05) is 7.11 Å². The Bertz CT molecular complexity index is 763. The van der Waals surface area contributed by atoms with Crippen LogP contribution in [0.4, 0.5) is 0 Å². The quantitative estimate of drug-likeness (QED) is 0.867. The summed E-state index contributed by atoms with van der Waals surface area (Å²) in [6.07, 6.45) is 0. The maximum Gasteiger partial charge on any atom is 0.310 e. The molecule has 0 spiro atoms. The van der Waals surface area contributed by atoms with Crippen molar-refractivity contribution in [2.45, 2.75) is 11.8 Å². The van der Waals surface area contributed by atoms with Crippen LogP contribution in [0.15, 0.2) is 48.5 Å². The van der Waals surface area contributed by atoms with Gasteiger partial charge in [0.1, 0.15) is 0 Å². The van der Waals surface area contributed by atoms with Gasteiger partial charge in [-0.25, -0.2) is 0 Å². The first-order valence-electron chi connectivity index (χ1n) is 7.63. The summed E-state index contributed by atoms with van der Waals surface area (Å²) in [5.74, 6) is -3.45. The largest absolute Gasteiger partial charge is 0.481 e. The van der Waals surface area contributed by atoms with Crippen molar-refractivity contribution in [3.05, 3.63) is 70.8 Å². The molecular weight excluding hydrogens is 292 g/mol. The Kier molecular flexibility index (Phi) is 3.01. The highest BCUT2D eigenvalue weighted by Crippen LogP contribution is 2.58. The van der Waals surface area contributed by atoms with E-state index in [4.69, 9.17) is 4.74 Å². The number of carboxylic acids is 1. The number of fused-ring (bicyclic) bond motifs is 1. The zero-order valence-electron chi connectivity index (χ0n) is 12.6. The van der Waals surface area contributed by atoms with Gasteiger partial charge in [0.25, 0.3) is 0 Å².